The van der Waals surface area contributed by atoms with Crippen LogP contribution in [-0.4, -0.2) is 11.6 Å². The van der Waals surface area contributed by atoms with Gasteiger partial charge in [0.05, 0.1) is 0 Å². The van der Waals surface area contributed by atoms with E-state index in [9.17, 15) is 0 Å². The van der Waals surface area contributed by atoms with Gasteiger partial charge in [0.15, 0.2) is 6.69 Å². The second-order valence-corrected chi connectivity index (χ2v) is 16.0. The normalized spacial score (nSPS) is 15.0. The molecule has 0 aromatic rings. The van der Waals surface area contributed by atoms with Crippen molar-refractivity contribution in [3.05, 3.63) is 0 Å². The van der Waals surface area contributed by atoms with Crippen LogP contribution in [0.5, 0.6) is 0 Å². The van der Waals surface area contributed by atoms with Crippen LogP contribution in [0.2, 0.25) is 10.1 Å². The van der Waals surface area contributed by atoms with E-state index in [1.165, 1.54) is 0 Å². The molecule has 0 heterocycles. The molecule has 0 atom stereocenters. The van der Waals surface area contributed by atoms with Gasteiger partial charge in [0, 0.05) is 4.95 Å². The summed E-state index contributed by atoms with van der Waals surface area (Å²) >= 11 is 7.68. The van der Waals surface area contributed by atoms with Crippen molar-refractivity contribution in [3.63, 3.8) is 0 Å². The molecule has 3 heteroatoms. The van der Waals surface area contributed by atoms with E-state index >= 15 is 0 Å². The summed E-state index contributed by atoms with van der Waals surface area (Å²) < 4.78 is 0. The average molecular weight is 316 g/mol. The van der Waals surface area contributed by atoms with Crippen LogP contribution in [0.25, 0.3) is 0 Å². The van der Waals surface area contributed by atoms with E-state index in [-0.39, 0.29) is 0 Å². The molecule has 0 unspecified atom stereocenters. The molecule has 0 amide bonds. The van der Waals surface area contributed by atoms with Gasteiger partial charge >= 0.3 is 0 Å². The lowest BCUT2D eigenvalue weighted by atomic mass is 10.2. The summed E-state index contributed by atoms with van der Waals surface area (Å²) in [5, 5.41) is 0.795. The largest absolute Gasteiger partial charge is 0.151 e. The number of rotatable bonds is 1. The van der Waals surface area contributed by atoms with Gasteiger partial charge in [-0.3, -0.25) is 0 Å². The van der Waals surface area contributed by atoms with Crippen LogP contribution in [0.4, 0.5) is 0 Å². The molecule has 0 aliphatic carbocycles. The van der Waals surface area contributed by atoms with Gasteiger partial charge in [-0.15, -0.1) is 15.3 Å². The minimum atomic E-state index is -1.40. The summed E-state index contributed by atoms with van der Waals surface area (Å²) in [5.41, 5.74) is 0. The molecular weight excluding hydrogens is 296 g/mol. The molecule has 0 aromatic carbocycles. The molecule has 0 spiro atoms. The van der Waals surface area contributed by atoms with Gasteiger partial charge in [-0.1, -0.05) is 57.5 Å². The molecule has 0 bridgehead atoms. The molecule has 0 fully saturated rings. The van der Waals surface area contributed by atoms with Gasteiger partial charge in [0.2, 0.25) is 0 Å². The Morgan fingerprint density at radius 2 is 1.17 bits per heavy atom. The summed E-state index contributed by atoms with van der Waals surface area (Å²) in [4.78, 5) is 1.12. The van der Waals surface area contributed by atoms with E-state index < -0.39 is 6.69 Å². The summed E-state index contributed by atoms with van der Waals surface area (Å²) in [5.74, 6) is 0. The van der Waals surface area contributed by atoms with Gasteiger partial charge in [-0.05, 0) is 10.1 Å². The molecule has 12 heavy (non-hydrogen) atoms. The first-order valence-corrected chi connectivity index (χ1v) is 9.90. The van der Waals surface area contributed by atoms with Gasteiger partial charge in [-0.2, -0.15) is 0 Å². The van der Waals surface area contributed by atoms with Gasteiger partial charge < -0.3 is 0 Å². The summed E-state index contributed by atoms with van der Waals surface area (Å²) in [6.07, 6.45) is 0. The Kier molecular flexibility index (Phi) is 4.10. The van der Waals surface area contributed by atoms with Crippen molar-refractivity contribution in [2.75, 3.05) is 4.95 Å². The van der Waals surface area contributed by atoms with Crippen LogP contribution in [0.1, 0.15) is 41.5 Å². The van der Waals surface area contributed by atoms with E-state index in [4.69, 9.17) is 0 Å². The molecule has 0 saturated heterocycles. The Labute approximate surface area is 94.2 Å². The van der Waals surface area contributed by atoms with Gasteiger partial charge in [0.25, 0.3) is 0 Å². The molecule has 0 aliphatic rings. The van der Waals surface area contributed by atoms with E-state index in [0.717, 1.165) is 4.95 Å². The average Bonchev–Trinajstić information content (AvgIpc) is 1.81. The maximum Gasteiger partial charge on any atom is 0.151 e. The molecule has 0 N–H and O–H groups in total. The van der Waals surface area contributed by atoms with Crippen LogP contribution < -0.4 is 0 Å². The SMILES string of the molecule is CC(C)(C)[Si](Br)(CBr)C(C)(C)C. The third kappa shape index (κ3) is 2.35. The molecule has 0 nitrogen and oxygen atoms in total. The zero-order valence-electron chi connectivity index (χ0n) is 8.96. The Morgan fingerprint density at radius 1 is 0.917 bits per heavy atom. The van der Waals surface area contributed by atoms with Gasteiger partial charge in [0.1, 0.15) is 0 Å². The first kappa shape index (κ1) is 13.2. The predicted octanol–water partition coefficient (Wildman–Crippen LogP) is 4.86. The van der Waals surface area contributed by atoms with E-state index in [0.29, 0.717) is 10.1 Å². The highest BCUT2D eigenvalue weighted by Gasteiger charge is 2.50. The van der Waals surface area contributed by atoms with Crippen molar-refractivity contribution < 1.29 is 0 Å². The van der Waals surface area contributed by atoms with Crippen LogP contribution in [0.15, 0.2) is 0 Å². The standard InChI is InChI=1S/C9H20Br2Si/c1-8(2,3)12(11,7-10)9(4,5)6/h7H2,1-6H3. The lowest BCUT2D eigenvalue weighted by Crippen LogP contribution is -2.48. The van der Waals surface area contributed by atoms with E-state index in [2.05, 4.69) is 72.8 Å². The Hall–Kier alpha value is 1.18. The lowest BCUT2D eigenvalue weighted by molar-refractivity contribution is 0.640. The topological polar surface area (TPSA) is 0 Å². The second kappa shape index (κ2) is 3.74. The summed E-state index contributed by atoms with van der Waals surface area (Å²) in [6, 6.07) is 0. The van der Waals surface area contributed by atoms with Crippen LogP contribution in [-0.2, 0) is 0 Å². The van der Waals surface area contributed by atoms with Crippen molar-refractivity contribution in [2.24, 2.45) is 0 Å². The Balaban J connectivity index is 4.95. The highest BCUT2D eigenvalue weighted by atomic mass is 79.9. The molecule has 74 valence electrons. The Bertz CT molecular complexity index is 139. The summed E-state index contributed by atoms with van der Waals surface area (Å²) in [6.45, 7) is 12.6. The van der Waals surface area contributed by atoms with Crippen molar-refractivity contribution in [2.45, 2.75) is 51.6 Å². The van der Waals surface area contributed by atoms with Crippen LogP contribution >= 0.6 is 31.2 Å². The summed E-state index contributed by atoms with van der Waals surface area (Å²) in [7, 11) is 0. The van der Waals surface area contributed by atoms with Crippen molar-refractivity contribution in [1.82, 2.24) is 0 Å². The molecule has 0 aliphatic heterocycles. The minimum Gasteiger partial charge on any atom is -0.124 e. The van der Waals surface area contributed by atoms with Crippen LogP contribution in [0.3, 0.4) is 0 Å². The fourth-order valence-corrected chi connectivity index (χ4v) is 9.62. The maximum atomic E-state index is 4.02. The second-order valence-electron chi connectivity index (χ2n) is 5.43. The van der Waals surface area contributed by atoms with E-state index in [1.807, 2.05) is 0 Å². The van der Waals surface area contributed by atoms with E-state index in [1.54, 1.807) is 0 Å². The molecule has 0 radical (unpaired) electrons. The Morgan fingerprint density at radius 3 is 1.17 bits per heavy atom. The third-order valence-corrected chi connectivity index (χ3v) is 20.4. The first-order chi connectivity index (χ1) is 5.06. The zero-order valence-corrected chi connectivity index (χ0v) is 13.1. The van der Waals surface area contributed by atoms with Crippen molar-refractivity contribution >= 4 is 37.9 Å². The first-order valence-electron chi connectivity index (χ1n) is 4.31. The van der Waals surface area contributed by atoms with Gasteiger partial charge in [-0.25, -0.2) is 0 Å². The zero-order chi connectivity index (χ0) is 10.2. The molecule has 0 aromatic heterocycles. The third-order valence-electron chi connectivity index (χ3n) is 2.56. The fraction of sp³-hybridized carbons (Fsp3) is 1.00. The maximum absolute atomic E-state index is 4.02. The monoisotopic (exact) mass is 314 g/mol. The molecular formula is C9H20Br2Si. The van der Waals surface area contributed by atoms with Crippen LogP contribution in [0, 0.1) is 0 Å². The highest BCUT2D eigenvalue weighted by molar-refractivity contribution is 9.27. The predicted molar refractivity (Wildman–Crippen MR) is 67.9 cm³/mol. The number of hydrogen-bond donors (Lipinski definition) is 0. The smallest absolute Gasteiger partial charge is 0.124 e. The highest BCUT2D eigenvalue weighted by Crippen LogP contribution is 2.55. The molecule has 0 saturated carbocycles. The fourth-order valence-electron chi connectivity index (χ4n) is 1.53. The lowest BCUT2D eigenvalue weighted by Gasteiger charge is -2.46. The van der Waals surface area contributed by atoms with Crippen molar-refractivity contribution in [1.29, 1.82) is 0 Å². The van der Waals surface area contributed by atoms with Crippen molar-refractivity contribution in [3.8, 4) is 0 Å². The number of alkyl halides is 1. The quantitative estimate of drug-likeness (QED) is 0.368. The number of halogens is 2. The number of hydrogen-bond acceptors (Lipinski definition) is 0. The molecule has 0 rings (SSSR count). The minimum absolute atomic E-state index is 0.398.